The average Bonchev–Trinajstić information content (AvgIpc) is 2.75. The Morgan fingerprint density at radius 3 is 1.97 bits per heavy atom. The lowest BCUT2D eigenvalue weighted by Crippen LogP contribution is -2.03. The van der Waals surface area contributed by atoms with Gasteiger partial charge in [-0.3, -0.25) is 0 Å². The summed E-state index contributed by atoms with van der Waals surface area (Å²) in [6, 6.07) is 26.8. The van der Waals surface area contributed by atoms with Crippen molar-refractivity contribution in [1.82, 2.24) is 0 Å². The molecule has 0 atom stereocenters. The van der Waals surface area contributed by atoms with Crippen LogP contribution in [0.5, 0.6) is 11.5 Å². The van der Waals surface area contributed by atoms with E-state index in [1.807, 2.05) is 30.3 Å². The van der Waals surface area contributed by atoms with Gasteiger partial charge in [-0.05, 0) is 59.9 Å². The van der Waals surface area contributed by atoms with E-state index in [0.717, 1.165) is 43.2 Å². The third-order valence-corrected chi connectivity index (χ3v) is 4.74. The van der Waals surface area contributed by atoms with E-state index in [4.69, 9.17) is 9.47 Å². The Hall–Kier alpha value is -2.94. The van der Waals surface area contributed by atoms with Gasteiger partial charge in [0.2, 0.25) is 0 Å². The molecular formula is C26H31NO2. The van der Waals surface area contributed by atoms with Crippen LogP contribution >= 0.6 is 0 Å². The Labute approximate surface area is 174 Å². The molecule has 0 heterocycles. The molecule has 0 aliphatic heterocycles. The second-order valence-electron chi connectivity index (χ2n) is 7.64. The van der Waals surface area contributed by atoms with Gasteiger partial charge in [0.25, 0.3) is 0 Å². The number of benzene rings is 3. The highest BCUT2D eigenvalue weighted by atomic mass is 16.5. The number of ether oxygens (including phenoxy) is 2. The van der Waals surface area contributed by atoms with E-state index in [1.54, 1.807) is 0 Å². The molecule has 0 aliphatic rings. The maximum absolute atomic E-state index is 5.85. The molecule has 3 aromatic carbocycles. The molecule has 1 N–H and O–H groups in total. The summed E-state index contributed by atoms with van der Waals surface area (Å²) < 4.78 is 11.6. The zero-order valence-corrected chi connectivity index (χ0v) is 17.4. The van der Waals surface area contributed by atoms with Crippen molar-refractivity contribution in [1.29, 1.82) is 0 Å². The van der Waals surface area contributed by atoms with Crippen molar-refractivity contribution >= 4 is 5.69 Å². The quantitative estimate of drug-likeness (QED) is 0.415. The van der Waals surface area contributed by atoms with E-state index in [1.165, 1.54) is 11.1 Å². The summed E-state index contributed by atoms with van der Waals surface area (Å²) in [5, 5.41) is 3.45. The average molecular weight is 390 g/mol. The van der Waals surface area contributed by atoms with Gasteiger partial charge in [-0.25, -0.2) is 0 Å². The summed E-state index contributed by atoms with van der Waals surface area (Å²) in [6.07, 6.45) is 1.99. The number of hydrogen-bond donors (Lipinski definition) is 1. The summed E-state index contributed by atoms with van der Waals surface area (Å²) in [5.74, 6) is 2.50. The maximum atomic E-state index is 5.85. The molecule has 29 heavy (non-hydrogen) atoms. The van der Waals surface area contributed by atoms with Crippen LogP contribution in [0.25, 0.3) is 0 Å². The van der Waals surface area contributed by atoms with Crippen molar-refractivity contribution in [3.8, 4) is 11.5 Å². The normalized spacial score (nSPS) is 10.7. The molecule has 3 aromatic rings. The standard InChI is InChI=1S/C26H31NO2/c1-21(2)16-18-28-25-12-8-23(9-13-25)20-27-24-10-14-26(15-11-24)29-19-17-22-6-4-3-5-7-22/h3-15,21,27H,16-20H2,1-2H3. The second-order valence-corrected chi connectivity index (χ2v) is 7.64. The van der Waals surface area contributed by atoms with Gasteiger partial charge < -0.3 is 14.8 Å². The number of rotatable bonds is 11. The van der Waals surface area contributed by atoms with Crippen LogP contribution in [0.1, 0.15) is 31.4 Å². The maximum Gasteiger partial charge on any atom is 0.119 e. The van der Waals surface area contributed by atoms with Gasteiger partial charge in [0.1, 0.15) is 11.5 Å². The number of nitrogens with one attached hydrogen (secondary N) is 1. The van der Waals surface area contributed by atoms with Crippen LogP contribution in [0.3, 0.4) is 0 Å². The van der Waals surface area contributed by atoms with E-state index in [9.17, 15) is 0 Å². The highest BCUT2D eigenvalue weighted by Gasteiger charge is 2.00. The molecule has 0 spiro atoms. The van der Waals surface area contributed by atoms with Crippen molar-refractivity contribution in [2.75, 3.05) is 18.5 Å². The van der Waals surface area contributed by atoms with Crippen molar-refractivity contribution in [2.24, 2.45) is 5.92 Å². The van der Waals surface area contributed by atoms with Crippen molar-refractivity contribution in [3.05, 3.63) is 90.0 Å². The van der Waals surface area contributed by atoms with Crippen LogP contribution in [-0.2, 0) is 13.0 Å². The Bertz CT molecular complexity index is 827. The van der Waals surface area contributed by atoms with Gasteiger partial charge in [-0.2, -0.15) is 0 Å². The zero-order chi connectivity index (χ0) is 20.3. The van der Waals surface area contributed by atoms with Crippen LogP contribution in [0.2, 0.25) is 0 Å². The van der Waals surface area contributed by atoms with Crippen LogP contribution in [0, 0.1) is 5.92 Å². The lowest BCUT2D eigenvalue weighted by molar-refractivity contribution is 0.289. The molecule has 0 radical (unpaired) electrons. The molecule has 0 bridgehead atoms. The molecule has 0 saturated carbocycles. The van der Waals surface area contributed by atoms with Crippen LogP contribution in [-0.4, -0.2) is 13.2 Å². The Morgan fingerprint density at radius 1 is 0.690 bits per heavy atom. The van der Waals surface area contributed by atoms with Gasteiger partial charge in [0.05, 0.1) is 13.2 Å². The lowest BCUT2D eigenvalue weighted by atomic mass is 10.1. The van der Waals surface area contributed by atoms with Crippen molar-refractivity contribution in [3.63, 3.8) is 0 Å². The van der Waals surface area contributed by atoms with E-state index >= 15 is 0 Å². The Balaban J connectivity index is 1.39. The largest absolute Gasteiger partial charge is 0.494 e. The molecule has 0 amide bonds. The second kappa shape index (κ2) is 11.2. The molecule has 0 aliphatic carbocycles. The first-order valence-electron chi connectivity index (χ1n) is 10.4. The fourth-order valence-electron chi connectivity index (χ4n) is 2.92. The fourth-order valence-corrected chi connectivity index (χ4v) is 2.92. The molecule has 0 aromatic heterocycles. The lowest BCUT2D eigenvalue weighted by Gasteiger charge is -2.11. The minimum absolute atomic E-state index is 0.666. The van der Waals surface area contributed by atoms with Crippen LogP contribution < -0.4 is 14.8 Å². The predicted octanol–water partition coefficient (Wildman–Crippen LogP) is 6.35. The first-order chi connectivity index (χ1) is 14.2. The SMILES string of the molecule is CC(C)CCOc1ccc(CNc2ccc(OCCc3ccccc3)cc2)cc1. The summed E-state index contributed by atoms with van der Waals surface area (Å²) in [6.45, 7) is 6.65. The Morgan fingerprint density at radius 2 is 1.31 bits per heavy atom. The molecule has 0 saturated heterocycles. The van der Waals surface area contributed by atoms with Crippen LogP contribution in [0.15, 0.2) is 78.9 Å². The first kappa shape index (κ1) is 20.8. The summed E-state index contributed by atoms with van der Waals surface area (Å²) in [7, 11) is 0. The Kier molecular flexibility index (Phi) is 8.00. The van der Waals surface area contributed by atoms with E-state index < -0.39 is 0 Å². The molecule has 0 unspecified atom stereocenters. The van der Waals surface area contributed by atoms with Gasteiger partial charge >= 0.3 is 0 Å². The zero-order valence-electron chi connectivity index (χ0n) is 17.4. The third-order valence-electron chi connectivity index (χ3n) is 4.74. The molecule has 152 valence electrons. The highest BCUT2D eigenvalue weighted by Crippen LogP contribution is 2.18. The minimum atomic E-state index is 0.666. The summed E-state index contributed by atoms with van der Waals surface area (Å²) in [5.41, 5.74) is 3.60. The number of anilines is 1. The van der Waals surface area contributed by atoms with Crippen molar-refractivity contribution in [2.45, 2.75) is 33.2 Å². The molecule has 3 heteroatoms. The van der Waals surface area contributed by atoms with E-state index in [-0.39, 0.29) is 0 Å². The summed E-state index contributed by atoms with van der Waals surface area (Å²) >= 11 is 0. The van der Waals surface area contributed by atoms with Gasteiger partial charge in [-0.15, -0.1) is 0 Å². The summed E-state index contributed by atoms with van der Waals surface area (Å²) in [4.78, 5) is 0. The van der Waals surface area contributed by atoms with E-state index in [2.05, 4.69) is 67.7 Å². The molecular weight excluding hydrogens is 358 g/mol. The topological polar surface area (TPSA) is 30.5 Å². The van der Waals surface area contributed by atoms with Crippen molar-refractivity contribution < 1.29 is 9.47 Å². The molecule has 0 fully saturated rings. The van der Waals surface area contributed by atoms with E-state index in [0.29, 0.717) is 12.5 Å². The molecule has 3 rings (SSSR count). The predicted molar refractivity (Wildman–Crippen MR) is 121 cm³/mol. The monoisotopic (exact) mass is 389 g/mol. The fraction of sp³-hybridized carbons (Fsp3) is 0.308. The molecule has 3 nitrogen and oxygen atoms in total. The van der Waals surface area contributed by atoms with Gasteiger partial charge in [0, 0.05) is 18.7 Å². The van der Waals surface area contributed by atoms with Gasteiger partial charge in [0.15, 0.2) is 0 Å². The first-order valence-corrected chi connectivity index (χ1v) is 10.4. The number of hydrogen-bond acceptors (Lipinski definition) is 3. The van der Waals surface area contributed by atoms with Crippen LogP contribution in [0.4, 0.5) is 5.69 Å². The third kappa shape index (κ3) is 7.53. The minimum Gasteiger partial charge on any atom is -0.494 e. The highest BCUT2D eigenvalue weighted by molar-refractivity contribution is 5.47. The smallest absolute Gasteiger partial charge is 0.119 e. The van der Waals surface area contributed by atoms with Gasteiger partial charge in [-0.1, -0.05) is 56.3 Å².